The fraction of sp³-hybridized carbons (Fsp3) is 0.400. The van der Waals surface area contributed by atoms with E-state index >= 15 is 0 Å². The van der Waals surface area contributed by atoms with Gasteiger partial charge in [-0.15, -0.1) is 0 Å². The van der Waals surface area contributed by atoms with Gasteiger partial charge in [-0.05, 0) is 32.9 Å². The highest BCUT2D eigenvalue weighted by Gasteiger charge is 2.13. The second-order valence-electron chi connectivity index (χ2n) is 4.40. The van der Waals surface area contributed by atoms with E-state index in [-0.39, 0.29) is 0 Å². The highest BCUT2D eigenvalue weighted by Crippen LogP contribution is 2.34. The first-order chi connectivity index (χ1) is 9.56. The third-order valence-electron chi connectivity index (χ3n) is 2.91. The summed E-state index contributed by atoms with van der Waals surface area (Å²) in [7, 11) is 0. The summed E-state index contributed by atoms with van der Waals surface area (Å²) in [5.41, 5.74) is 1.32. The SMILES string of the molecule is CCOc1cc2cc(C(C)O)c(Cl)nc2cc1OCC. The summed E-state index contributed by atoms with van der Waals surface area (Å²) in [6.07, 6.45) is -0.665. The molecule has 0 aliphatic carbocycles. The Morgan fingerprint density at radius 2 is 1.75 bits per heavy atom. The molecule has 0 aliphatic heterocycles. The quantitative estimate of drug-likeness (QED) is 0.854. The molecule has 4 nitrogen and oxygen atoms in total. The van der Waals surface area contributed by atoms with E-state index in [0.29, 0.717) is 40.9 Å². The smallest absolute Gasteiger partial charge is 0.163 e. The second kappa shape index (κ2) is 6.29. The van der Waals surface area contributed by atoms with Gasteiger partial charge in [0.05, 0.1) is 24.8 Å². The van der Waals surface area contributed by atoms with Crippen LogP contribution in [0.5, 0.6) is 11.5 Å². The van der Waals surface area contributed by atoms with Gasteiger partial charge in [-0.25, -0.2) is 4.98 Å². The van der Waals surface area contributed by atoms with Crippen molar-refractivity contribution in [2.75, 3.05) is 13.2 Å². The van der Waals surface area contributed by atoms with Crippen LogP contribution in [-0.4, -0.2) is 23.3 Å². The molecule has 0 saturated carbocycles. The normalized spacial score (nSPS) is 12.4. The van der Waals surface area contributed by atoms with Crippen LogP contribution in [0.1, 0.15) is 32.4 Å². The summed E-state index contributed by atoms with van der Waals surface area (Å²) < 4.78 is 11.1. The largest absolute Gasteiger partial charge is 0.490 e. The Kier molecular flexibility index (Phi) is 4.68. The van der Waals surface area contributed by atoms with Crippen molar-refractivity contribution in [1.29, 1.82) is 0 Å². The van der Waals surface area contributed by atoms with Crippen LogP contribution in [0.3, 0.4) is 0 Å². The molecule has 1 unspecified atom stereocenters. The summed E-state index contributed by atoms with van der Waals surface area (Å²) >= 11 is 6.09. The zero-order chi connectivity index (χ0) is 14.7. The van der Waals surface area contributed by atoms with Crippen molar-refractivity contribution in [3.8, 4) is 11.5 Å². The van der Waals surface area contributed by atoms with E-state index in [0.717, 1.165) is 5.39 Å². The van der Waals surface area contributed by atoms with Crippen LogP contribution in [0.25, 0.3) is 10.9 Å². The number of hydrogen-bond acceptors (Lipinski definition) is 4. The molecule has 1 atom stereocenters. The van der Waals surface area contributed by atoms with Gasteiger partial charge in [-0.2, -0.15) is 0 Å². The number of aliphatic hydroxyl groups excluding tert-OH is 1. The number of aromatic nitrogens is 1. The third kappa shape index (κ3) is 2.97. The van der Waals surface area contributed by atoms with Gasteiger partial charge in [-0.1, -0.05) is 11.6 Å². The maximum atomic E-state index is 9.70. The van der Waals surface area contributed by atoms with E-state index in [9.17, 15) is 5.11 Å². The number of hydrogen-bond donors (Lipinski definition) is 1. The Labute approximate surface area is 123 Å². The van der Waals surface area contributed by atoms with Gasteiger partial charge < -0.3 is 14.6 Å². The molecule has 0 radical (unpaired) electrons. The molecule has 1 N–H and O–H groups in total. The van der Waals surface area contributed by atoms with E-state index < -0.39 is 6.10 Å². The lowest BCUT2D eigenvalue weighted by atomic mass is 10.1. The van der Waals surface area contributed by atoms with Crippen molar-refractivity contribution in [2.45, 2.75) is 26.9 Å². The molecule has 20 heavy (non-hydrogen) atoms. The predicted molar refractivity (Wildman–Crippen MR) is 79.7 cm³/mol. The second-order valence-corrected chi connectivity index (χ2v) is 4.76. The van der Waals surface area contributed by atoms with Crippen LogP contribution < -0.4 is 9.47 Å². The maximum Gasteiger partial charge on any atom is 0.163 e. The Balaban J connectivity index is 2.61. The lowest BCUT2D eigenvalue weighted by Gasteiger charge is -2.13. The number of aliphatic hydroxyl groups is 1. The van der Waals surface area contributed by atoms with Crippen LogP contribution in [0.2, 0.25) is 5.15 Å². The van der Waals surface area contributed by atoms with E-state index in [1.807, 2.05) is 32.0 Å². The van der Waals surface area contributed by atoms with Crippen LogP contribution in [0.15, 0.2) is 18.2 Å². The molecule has 2 aromatic rings. The molecule has 0 amide bonds. The van der Waals surface area contributed by atoms with E-state index in [4.69, 9.17) is 21.1 Å². The van der Waals surface area contributed by atoms with Crippen LogP contribution in [-0.2, 0) is 0 Å². The fourth-order valence-corrected chi connectivity index (χ4v) is 2.31. The third-order valence-corrected chi connectivity index (χ3v) is 3.21. The van der Waals surface area contributed by atoms with E-state index in [1.165, 1.54) is 0 Å². The van der Waals surface area contributed by atoms with Gasteiger partial charge in [0.25, 0.3) is 0 Å². The highest BCUT2D eigenvalue weighted by atomic mass is 35.5. The first kappa shape index (κ1) is 14.9. The summed E-state index contributed by atoms with van der Waals surface area (Å²) in [5, 5.41) is 10.9. The maximum absolute atomic E-state index is 9.70. The molecule has 1 heterocycles. The molecule has 2 rings (SSSR count). The number of nitrogens with zero attached hydrogens (tertiary/aromatic N) is 1. The Morgan fingerprint density at radius 3 is 2.30 bits per heavy atom. The van der Waals surface area contributed by atoms with Crippen LogP contribution in [0.4, 0.5) is 0 Å². The predicted octanol–water partition coefficient (Wildman–Crippen LogP) is 3.74. The summed E-state index contributed by atoms with van der Waals surface area (Å²) in [5.74, 6) is 1.32. The molecule has 0 bridgehead atoms. The molecule has 0 aliphatic rings. The monoisotopic (exact) mass is 295 g/mol. The number of halogens is 1. The summed E-state index contributed by atoms with van der Waals surface area (Å²) in [6.45, 7) is 6.59. The van der Waals surface area contributed by atoms with Gasteiger partial charge in [0.2, 0.25) is 0 Å². The zero-order valence-corrected chi connectivity index (χ0v) is 12.6. The standard InChI is InChI=1S/C15H18ClNO3/c1-4-19-13-7-10-6-11(9(3)18)15(16)17-12(10)8-14(13)20-5-2/h6-9,18H,4-5H2,1-3H3. The van der Waals surface area contributed by atoms with Crippen molar-refractivity contribution in [3.05, 3.63) is 28.9 Å². The van der Waals surface area contributed by atoms with E-state index in [1.54, 1.807) is 6.92 Å². The van der Waals surface area contributed by atoms with Crippen molar-refractivity contribution >= 4 is 22.5 Å². The molecular formula is C15H18ClNO3. The molecule has 1 aromatic carbocycles. The van der Waals surface area contributed by atoms with E-state index in [2.05, 4.69) is 4.98 Å². The Bertz CT molecular complexity index is 614. The molecular weight excluding hydrogens is 278 g/mol. The topological polar surface area (TPSA) is 51.6 Å². The van der Waals surface area contributed by atoms with Gasteiger partial charge >= 0.3 is 0 Å². The molecule has 1 aromatic heterocycles. The van der Waals surface area contributed by atoms with Crippen molar-refractivity contribution < 1.29 is 14.6 Å². The van der Waals surface area contributed by atoms with Gasteiger partial charge in [-0.3, -0.25) is 0 Å². The average molecular weight is 296 g/mol. The van der Waals surface area contributed by atoms with Gasteiger partial charge in [0, 0.05) is 17.0 Å². The number of ether oxygens (including phenoxy) is 2. The first-order valence-corrected chi connectivity index (χ1v) is 7.02. The van der Waals surface area contributed by atoms with Crippen molar-refractivity contribution in [1.82, 2.24) is 4.98 Å². The Morgan fingerprint density at radius 1 is 1.15 bits per heavy atom. The highest BCUT2D eigenvalue weighted by molar-refractivity contribution is 6.30. The minimum atomic E-state index is -0.665. The zero-order valence-electron chi connectivity index (χ0n) is 11.8. The number of benzene rings is 1. The van der Waals surface area contributed by atoms with Gasteiger partial charge in [0.15, 0.2) is 11.5 Å². The number of fused-ring (bicyclic) bond motifs is 1. The average Bonchev–Trinajstić information content (AvgIpc) is 2.39. The van der Waals surface area contributed by atoms with Crippen molar-refractivity contribution in [3.63, 3.8) is 0 Å². The first-order valence-electron chi connectivity index (χ1n) is 6.64. The number of pyridine rings is 1. The number of rotatable bonds is 5. The molecule has 108 valence electrons. The lowest BCUT2D eigenvalue weighted by Crippen LogP contribution is -2.00. The Hall–Kier alpha value is -1.52. The fourth-order valence-electron chi connectivity index (χ4n) is 2.00. The molecule has 0 saturated heterocycles. The molecule has 0 spiro atoms. The molecule has 5 heteroatoms. The van der Waals surface area contributed by atoms with Crippen LogP contribution in [0, 0.1) is 0 Å². The van der Waals surface area contributed by atoms with Crippen LogP contribution >= 0.6 is 11.6 Å². The summed E-state index contributed by atoms with van der Waals surface area (Å²) in [4.78, 5) is 4.31. The minimum Gasteiger partial charge on any atom is -0.490 e. The van der Waals surface area contributed by atoms with Crippen molar-refractivity contribution in [2.24, 2.45) is 0 Å². The molecule has 0 fully saturated rings. The minimum absolute atomic E-state index is 0.305. The van der Waals surface area contributed by atoms with Gasteiger partial charge in [0.1, 0.15) is 5.15 Å². The lowest BCUT2D eigenvalue weighted by molar-refractivity contribution is 0.199. The summed E-state index contributed by atoms with van der Waals surface area (Å²) in [6, 6.07) is 5.49.